The maximum absolute atomic E-state index is 13.3. The van der Waals surface area contributed by atoms with Crippen LogP contribution in [0.2, 0.25) is 0 Å². The Labute approximate surface area is 302 Å². The summed E-state index contributed by atoms with van der Waals surface area (Å²) in [6.07, 6.45) is 7.50. The highest BCUT2D eigenvalue weighted by Gasteiger charge is 2.57. The zero-order valence-corrected chi connectivity index (χ0v) is 30.8. The van der Waals surface area contributed by atoms with Crippen LogP contribution in [-0.2, 0) is 47.5 Å². The van der Waals surface area contributed by atoms with E-state index in [-0.39, 0.29) is 56.0 Å². The summed E-state index contributed by atoms with van der Waals surface area (Å²) in [6, 6.07) is 0. The summed E-state index contributed by atoms with van der Waals surface area (Å²) in [5.41, 5.74) is -1.04. The van der Waals surface area contributed by atoms with Gasteiger partial charge < -0.3 is 48.5 Å². The lowest BCUT2D eigenvalue weighted by atomic mass is 9.74. The third kappa shape index (κ3) is 12.1. The molecule has 6 bridgehead atoms. The number of esters is 3. The van der Waals surface area contributed by atoms with Gasteiger partial charge in [0.05, 0.1) is 57.3 Å². The zero-order valence-electron chi connectivity index (χ0n) is 30.8. The number of cyclic esters (lactones) is 1. The van der Waals surface area contributed by atoms with Crippen molar-refractivity contribution in [3.63, 3.8) is 0 Å². The van der Waals surface area contributed by atoms with Gasteiger partial charge in [-0.1, -0.05) is 52.5 Å². The van der Waals surface area contributed by atoms with Gasteiger partial charge in [0, 0.05) is 30.8 Å². The Morgan fingerprint density at radius 1 is 0.980 bits per heavy atom. The fourth-order valence-corrected chi connectivity index (χ4v) is 7.38. The van der Waals surface area contributed by atoms with Crippen molar-refractivity contribution in [1.82, 2.24) is 0 Å². The molecule has 13 heteroatoms. The van der Waals surface area contributed by atoms with E-state index in [1.165, 1.54) is 13.2 Å². The van der Waals surface area contributed by atoms with E-state index in [1.807, 2.05) is 0 Å². The summed E-state index contributed by atoms with van der Waals surface area (Å²) < 4.78 is 41.4. The molecule has 0 spiro atoms. The smallest absolute Gasteiger partial charge is 0.330 e. The van der Waals surface area contributed by atoms with Gasteiger partial charge in [0.15, 0.2) is 12.4 Å². The molecular weight excluding hydrogens is 664 g/mol. The molecule has 4 aliphatic rings. The van der Waals surface area contributed by atoms with E-state index in [0.717, 1.165) is 44.9 Å². The van der Waals surface area contributed by atoms with Gasteiger partial charge in [-0.05, 0) is 56.6 Å². The van der Waals surface area contributed by atoms with Crippen LogP contribution in [0.4, 0.5) is 0 Å². The number of fused-ring (bicyclic) bond motifs is 6. The monoisotopic (exact) mass is 724 g/mol. The van der Waals surface area contributed by atoms with E-state index in [4.69, 9.17) is 33.2 Å². The second-order valence-corrected chi connectivity index (χ2v) is 15.0. The molecule has 9 atom stereocenters. The minimum atomic E-state index is -2.25. The Bertz CT molecular complexity index is 1200. The van der Waals surface area contributed by atoms with Crippen LogP contribution in [0.1, 0.15) is 117 Å². The van der Waals surface area contributed by atoms with Crippen molar-refractivity contribution in [1.29, 1.82) is 0 Å². The van der Waals surface area contributed by atoms with Gasteiger partial charge in [-0.15, -0.1) is 0 Å². The van der Waals surface area contributed by atoms with Gasteiger partial charge in [0.1, 0.15) is 6.10 Å². The molecule has 0 aromatic rings. The van der Waals surface area contributed by atoms with Gasteiger partial charge in [-0.3, -0.25) is 9.59 Å². The van der Waals surface area contributed by atoms with E-state index < -0.39 is 66.4 Å². The first-order valence-corrected chi connectivity index (χ1v) is 18.8. The van der Waals surface area contributed by atoms with Gasteiger partial charge in [0.25, 0.3) is 0 Å². The minimum absolute atomic E-state index is 0.000953. The molecule has 4 rings (SSSR count). The summed E-state index contributed by atoms with van der Waals surface area (Å²) in [4.78, 5) is 38.9. The van der Waals surface area contributed by atoms with E-state index in [2.05, 4.69) is 6.92 Å². The van der Waals surface area contributed by atoms with Crippen LogP contribution >= 0.6 is 0 Å². The molecule has 13 nitrogen and oxygen atoms in total. The van der Waals surface area contributed by atoms with Crippen LogP contribution in [0.15, 0.2) is 23.8 Å². The van der Waals surface area contributed by atoms with Crippen LogP contribution in [0.25, 0.3) is 0 Å². The summed E-state index contributed by atoms with van der Waals surface area (Å²) in [7, 11) is 1.22. The van der Waals surface area contributed by atoms with Crippen LogP contribution in [0.5, 0.6) is 0 Å². The van der Waals surface area contributed by atoms with Gasteiger partial charge in [-0.2, -0.15) is 0 Å². The van der Waals surface area contributed by atoms with Gasteiger partial charge in [0.2, 0.25) is 5.79 Å². The van der Waals surface area contributed by atoms with Crippen molar-refractivity contribution >= 4 is 17.9 Å². The van der Waals surface area contributed by atoms with Crippen molar-refractivity contribution in [2.75, 3.05) is 20.3 Å². The van der Waals surface area contributed by atoms with Crippen LogP contribution < -0.4 is 0 Å². The molecule has 3 N–H and O–H groups in total. The number of aliphatic hydroxyl groups excluding tert-OH is 2. The predicted molar refractivity (Wildman–Crippen MR) is 184 cm³/mol. The van der Waals surface area contributed by atoms with Crippen molar-refractivity contribution in [3.8, 4) is 0 Å². The number of rotatable bonds is 9. The molecule has 51 heavy (non-hydrogen) atoms. The predicted octanol–water partition coefficient (Wildman–Crippen LogP) is 4.33. The fourth-order valence-electron chi connectivity index (χ4n) is 7.38. The second-order valence-electron chi connectivity index (χ2n) is 15.0. The maximum atomic E-state index is 13.3. The number of unbranched alkanes of at least 4 members (excludes halogenated alkanes) is 4. The molecule has 0 aromatic heterocycles. The summed E-state index contributed by atoms with van der Waals surface area (Å²) in [5.74, 6) is -4.21. The normalized spacial score (nSPS) is 35.7. The van der Waals surface area contributed by atoms with Crippen LogP contribution in [-0.4, -0.2) is 108 Å². The number of hydrogen-bond donors (Lipinski definition) is 3. The topological polar surface area (TPSA) is 177 Å². The number of hydrogen-bond acceptors (Lipinski definition) is 13. The standard InChI is InChI=1S/C38H60O13/c1-5-6-7-8-9-13-32(41)50-36-25(19-33(42)45-4)18-30-23-31(24-39)48-34(43)21-26(40)20-27-11-10-12-28(47-27)22-29-15-17-46-35(49-29)14-16-37(2,3)38(36,44)51-30/h14,16,19,26-31,35-36,39-40,44H,5-13,15,17-18,20-24H2,1-4H3/t26-,27+,28-,29+,30+,31-,35+,36+,38-/m1/s1. The fraction of sp³-hybridized carbons (Fsp3) is 0.816. The van der Waals surface area contributed by atoms with E-state index in [9.17, 15) is 29.7 Å². The Morgan fingerprint density at radius 3 is 2.43 bits per heavy atom. The van der Waals surface area contributed by atoms with Gasteiger partial charge in [-0.25, -0.2) is 4.79 Å². The highest BCUT2D eigenvalue weighted by atomic mass is 16.7. The number of ether oxygens (including phenoxy) is 7. The molecule has 290 valence electrons. The molecular formula is C38H60O13. The number of methoxy groups -OCH3 is 1. The van der Waals surface area contributed by atoms with Crippen molar-refractivity contribution in [3.05, 3.63) is 23.8 Å². The zero-order chi connectivity index (χ0) is 37.0. The number of aliphatic hydroxyl groups is 3. The minimum Gasteiger partial charge on any atom is -0.466 e. The molecule has 4 heterocycles. The van der Waals surface area contributed by atoms with E-state index in [0.29, 0.717) is 25.9 Å². The lowest BCUT2D eigenvalue weighted by molar-refractivity contribution is -0.327. The highest BCUT2D eigenvalue weighted by Crippen LogP contribution is 2.47. The van der Waals surface area contributed by atoms with Crippen molar-refractivity contribution in [2.45, 2.75) is 172 Å². The molecule has 3 fully saturated rings. The van der Waals surface area contributed by atoms with E-state index >= 15 is 0 Å². The van der Waals surface area contributed by atoms with Crippen LogP contribution in [0.3, 0.4) is 0 Å². The average molecular weight is 725 g/mol. The SMILES string of the molecule is CCCCCCCC(=O)O[C@H]1C(=CC(=O)OC)C[C@H]2C[C@H](CO)OC(=O)C[C@H](O)C[C@@H]3CCC[C@H](C[C@@H]4CCO[C@H](C=CC(C)(C)[C@]1(O)O2)O4)O3. The Hall–Kier alpha value is -2.39. The third-order valence-electron chi connectivity index (χ3n) is 10.3. The summed E-state index contributed by atoms with van der Waals surface area (Å²) in [6.45, 7) is 5.42. The van der Waals surface area contributed by atoms with Gasteiger partial charge >= 0.3 is 17.9 Å². The quantitative estimate of drug-likeness (QED) is 0.101. The number of carbonyl (C=O) groups excluding carboxylic acids is 3. The third-order valence-corrected chi connectivity index (χ3v) is 10.3. The second kappa shape index (κ2) is 19.6. The molecule has 3 saturated heterocycles. The van der Waals surface area contributed by atoms with Crippen LogP contribution in [0, 0.1) is 5.41 Å². The first kappa shape index (κ1) is 41.4. The summed E-state index contributed by atoms with van der Waals surface area (Å²) in [5, 5.41) is 33.6. The molecule has 0 amide bonds. The lowest BCUT2D eigenvalue weighted by Crippen LogP contribution is -2.62. The Balaban J connectivity index is 1.68. The van der Waals surface area contributed by atoms with E-state index in [1.54, 1.807) is 26.0 Å². The molecule has 0 aliphatic carbocycles. The molecule has 0 aromatic carbocycles. The summed E-state index contributed by atoms with van der Waals surface area (Å²) >= 11 is 0. The first-order valence-electron chi connectivity index (χ1n) is 18.8. The maximum Gasteiger partial charge on any atom is 0.330 e. The molecule has 4 aliphatic heterocycles. The highest BCUT2D eigenvalue weighted by molar-refractivity contribution is 5.83. The molecule has 0 unspecified atom stereocenters. The number of carbonyl (C=O) groups is 3. The average Bonchev–Trinajstić information content (AvgIpc) is 3.08. The largest absolute Gasteiger partial charge is 0.466 e. The Morgan fingerprint density at radius 2 is 1.71 bits per heavy atom. The van der Waals surface area contributed by atoms with Crippen molar-refractivity contribution in [2.24, 2.45) is 5.41 Å². The molecule has 0 radical (unpaired) electrons. The molecule has 0 saturated carbocycles. The Kier molecular flexibility index (Phi) is 15.9. The first-order chi connectivity index (χ1) is 24.3. The lowest BCUT2D eigenvalue weighted by Gasteiger charge is -2.51. The van der Waals surface area contributed by atoms with Crippen molar-refractivity contribution < 1.29 is 62.9 Å².